The average molecular weight is 655 g/mol. The molecule has 0 spiro atoms. The van der Waals surface area contributed by atoms with E-state index in [1.54, 1.807) is 0 Å². The number of nitrogens with zero attached hydrogens (tertiary/aromatic N) is 1. The summed E-state index contributed by atoms with van der Waals surface area (Å²) in [5, 5.41) is 43.8. The van der Waals surface area contributed by atoms with E-state index in [9.17, 15) is 20.4 Å². The minimum absolute atomic E-state index is 0.0728. The number of phenols is 3. The maximum atomic E-state index is 11.0. The third-order valence-corrected chi connectivity index (χ3v) is 8.96. The molecule has 48 heavy (non-hydrogen) atoms. The number of aryl methyl sites for hydroxylation is 1. The third-order valence-electron chi connectivity index (χ3n) is 8.96. The number of aromatic hydroxyl groups is 3. The molecular weight excluding hydrogens is 600 g/mol. The van der Waals surface area contributed by atoms with Crippen molar-refractivity contribution in [2.45, 2.75) is 83.9 Å². The van der Waals surface area contributed by atoms with Gasteiger partial charge >= 0.3 is 0 Å². The first-order valence-electron chi connectivity index (χ1n) is 17.4. The fraction of sp³-hybridized carbons (Fsp3) is 0.415. The van der Waals surface area contributed by atoms with Crippen LogP contribution in [-0.4, -0.2) is 63.7 Å². The van der Waals surface area contributed by atoms with Crippen molar-refractivity contribution in [2.75, 3.05) is 26.2 Å². The molecule has 4 aromatic rings. The Hall–Kier alpha value is -4.04. The average Bonchev–Trinajstić information content (AvgIpc) is 3.06. The Labute approximate surface area is 286 Å². The number of benzene rings is 4. The number of hydrogen-bond acceptors (Lipinski definition) is 7. The van der Waals surface area contributed by atoms with E-state index in [1.807, 2.05) is 30.3 Å². The second-order valence-electron chi connectivity index (χ2n) is 13.3. The third kappa shape index (κ3) is 11.3. The van der Waals surface area contributed by atoms with Crippen LogP contribution in [-0.2, 0) is 12.8 Å². The topological polar surface area (TPSA) is 105 Å². The second kappa shape index (κ2) is 18.5. The van der Waals surface area contributed by atoms with Gasteiger partial charge in [-0.1, -0.05) is 54.6 Å². The van der Waals surface area contributed by atoms with Gasteiger partial charge in [0.2, 0.25) is 0 Å². The first kappa shape index (κ1) is 36.8. The van der Waals surface area contributed by atoms with E-state index in [2.05, 4.69) is 80.4 Å². The first-order valence-corrected chi connectivity index (χ1v) is 17.4. The summed E-state index contributed by atoms with van der Waals surface area (Å²) >= 11 is 0. The maximum Gasteiger partial charge on any atom is 0.119 e. The van der Waals surface area contributed by atoms with Crippen molar-refractivity contribution in [3.05, 3.63) is 119 Å². The summed E-state index contributed by atoms with van der Waals surface area (Å²) in [6, 6.07) is 29.8. The monoisotopic (exact) mass is 654 g/mol. The molecule has 4 aromatic carbocycles. The van der Waals surface area contributed by atoms with E-state index in [0.29, 0.717) is 43.1 Å². The molecule has 1 unspecified atom stereocenters. The van der Waals surface area contributed by atoms with Crippen molar-refractivity contribution < 1.29 is 25.2 Å². The molecule has 0 radical (unpaired) electrons. The van der Waals surface area contributed by atoms with Gasteiger partial charge in [0.25, 0.3) is 0 Å². The van der Waals surface area contributed by atoms with Crippen LogP contribution in [0, 0.1) is 0 Å². The van der Waals surface area contributed by atoms with Crippen LogP contribution in [0.3, 0.4) is 0 Å². The number of hydrogen-bond donors (Lipinski definition) is 5. The predicted molar refractivity (Wildman–Crippen MR) is 194 cm³/mol. The van der Waals surface area contributed by atoms with E-state index < -0.39 is 6.10 Å². The lowest BCUT2D eigenvalue weighted by molar-refractivity contribution is 0.170. The fourth-order valence-electron chi connectivity index (χ4n) is 6.39. The summed E-state index contributed by atoms with van der Waals surface area (Å²) in [5.41, 5.74) is 5.11. The summed E-state index contributed by atoms with van der Waals surface area (Å²) in [6.07, 6.45) is 3.77. The van der Waals surface area contributed by atoms with E-state index in [1.165, 1.54) is 29.3 Å². The second-order valence-corrected chi connectivity index (χ2v) is 13.3. The Kier molecular flexibility index (Phi) is 14.2. The fourth-order valence-corrected chi connectivity index (χ4v) is 6.39. The molecular formula is C41H54N2O5. The zero-order valence-electron chi connectivity index (χ0n) is 29.0. The molecule has 0 amide bonds. The Morgan fingerprint density at radius 2 is 1.38 bits per heavy atom. The van der Waals surface area contributed by atoms with Crippen molar-refractivity contribution in [3.8, 4) is 23.0 Å². The minimum atomic E-state index is -0.823. The minimum Gasteiger partial charge on any atom is -0.508 e. The number of ether oxygens (including phenoxy) is 1. The summed E-state index contributed by atoms with van der Waals surface area (Å²) in [7, 11) is 0. The Morgan fingerprint density at radius 3 is 2.04 bits per heavy atom. The van der Waals surface area contributed by atoms with Gasteiger partial charge in [-0.25, -0.2) is 0 Å². The van der Waals surface area contributed by atoms with Gasteiger partial charge in [0, 0.05) is 36.2 Å². The zero-order chi connectivity index (χ0) is 34.5. The number of rotatable bonds is 19. The number of phenolic OH excluding ortho intramolecular Hbond substituents is 3. The Balaban J connectivity index is 1.22. The van der Waals surface area contributed by atoms with Crippen LogP contribution in [0.4, 0.5) is 0 Å². The molecule has 0 aliphatic heterocycles. The van der Waals surface area contributed by atoms with Crippen LogP contribution < -0.4 is 10.1 Å². The van der Waals surface area contributed by atoms with Crippen LogP contribution >= 0.6 is 0 Å². The highest BCUT2D eigenvalue weighted by Crippen LogP contribution is 2.35. The summed E-state index contributed by atoms with van der Waals surface area (Å²) < 4.78 is 6.02. The highest BCUT2D eigenvalue weighted by atomic mass is 16.5. The normalized spacial score (nSPS) is 12.9. The van der Waals surface area contributed by atoms with E-state index >= 15 is 0 Å². The highest BCUT2D eigenvalue weighted by molar-refractivity contribution is 5.44. The highest BCUT2D eigenvalue weighted by Gasteiger charge is 2.22. The van der Waals surface area contributed by atoms with Gasteiger partial charge in [-0.3, -0.25) is 4.90 Å². The van der Waals surface area contributed by atoms with Gasteiger partial charge < -0.3 is 30.5 Å². The lowest BCUT2D eigenvalue weighted by Crippen LogP contribution is -2.38. The van der Waals surface area contributed by atoms with Crippen molar-refractivity contribution in [2.24, 2.45) is 0 Å². The number of nitrogens with one attached hydrogen (secondary N) is 1. The van der Waals surface area contributed by atoms with Gasteiger partial charge in [0.1, 0.15) is 23.0 Å². The van der Waals surface area contributed by atoms with E-state index in [-0.39, 0.29) is 17.4 Å². The summed E-state index contributed by atoms with van der Waals surface area (Å²) in [4.78, 5) is 2.52. The quantitative estimate of drug-likeness (QED) is 0.0660. The van der Waals surface area contributed by atoms with Crippen molar-refractivity contribution in [3.63, 3.8) is 0 Å². The number of aliphatic hydroxyl groups excluding tert-OH is 1. The standard InChI is InChI=1S/C41H54N2O5/c1-29(2)43(30(3)4)22-20-38(33-11-6-5-7-12-33)39-24-32(15-18-40(39)46)10-8-9-23-48-37-16-13-31(14-17-37)19-21-42-28-41(47)34-25-35(44)27-36(45)26-34/h5-7,11-18,24-27,29-30,38,41-42,44-47H,8-10,19-23,28H2,1-4H3/t38-,41?/m1/s1. The largest absolute Gasteiger partial charge is 0.508 e. The molecule has 0 saturated carbocycles. The maximum absolute atomic E-state index is 11.0. The SMILES string of the molecule is CC(C)N(CC[C@H](c1ccccc1)c1cc(CCCCOc2ccc(CCNCC(O)c3cc(O)cc(O)c3)cc2)ccc1O)C(C)C. The van der Waals surface area contributed by atoms with Gasteiger partial charge in [-0.2, -0.15) is 0 Å². The van der Waals surface area contributed by atoms with Gasteiger partial charge in [-0.15, -0.1) is 0 Å². The van der Waals surface area contributed by atoms with Crippen LogP contribution in [0.5, 0.6) is 23.0 Å². The molecule has 7 heteroatoms. The van der Waals surface area contributed by atoms with Crippen LogP contribution in [0.25, 0.3) is 0 Å². The van der Waals surface area contributed by atoms with Gasteiger partial charge in [-0.05, 0) is 125 Å². The Morgan fingerprint density at radius 1 is 0.708 bits per heavy atom. The zero-order valence-corrected chi connectivity index (χ0v) is 29.0. The van der Waals surface area contributed by atoms with Crippen LogP contribution in [0.15, 0.2) is 91.0 Å². The van der Waals surface area contributed by atoms with Gasteiger partial charge in [0.05, 0.1) is 12.7 Å². The van der Waals surface area contributed by atoms with Crippen molar-refractivity contribution in [1.82, 2.24) is 10.2 Å². The molecule has 2 atom stereocenters. The summed E-state index contributed by atoms with van der Waals surface area (Å²) in [5.74, 6) is 1.19. The molecule has 0 heterocycles. The lowest BCUT2D eigenvalue weighted by Gasteiger charge is -2.32. The van der Waals surface area contributed by atoms with Crippen LogP contribution in [0.2, 0.25) is 0 Å². The van der Waals surface area contributed by atoms with Gasteiger partial charge in [0.15, 0.2) is 0 Å². The molecule has 0 saturated heterocycles. The smallest absolute Gasteiger partial charge is 0.119 e. The number of unbranched alkanes of at least 4 members (excludes halogenated alkanes) is 1. The molecule has 0 aromatic heterocycles. The molecule has 0 bridgehead atoms. The van der Waals surface area contributed by atoms with E-state index in [0.717, 1.165) is 55.5 Å². The molecule has 0 aliphatic rings. The molecule has 0 fully saturated rings. The molecule has 5 N–H and O–H groups in total. The Bertz CT molecular complexity index is 1500. The summed E-state index contributed by atoms with van der Waals surface area (Å²) in [6.45, 7) is 11.6. The lowest BCUT2D eigenvalue weighted by atomic mass is 9.86. The molecule has 4 rings (SSSR count). The van der Waals surface area contributed by atoms with Crippen molar-refractivity contribution >= 4 is 0 Å². The van der Waals surface area contributed by atoms with Crippen molar-refractivity contribution in [1.29, 1.82) is 0 Å². The van der Waals surface area contributed by atoms with Crippen LogP contribution in [0.1, 0.15) is 86.8 Å². The number of aliphatic hydroxyl groups is 1. The predicted octanol–water partition coefficient (Wildman–Crippen LogP) is 7.71. The van der Waals surface area contributed by atoms with E-state index in [4.69, 9.17) is 4.74 Å². The molecule has 7 nitrogen and oxygen atoms in total. The molecule has 258 valence electrons. The first-order chi connectivity index (χ1) is 23.1. The molecule has 0 aliphatic carbocycles.